The van der Waals surface area contributed by atoms with Crippen molar-refractivity contribution < 1.29 is 24.2 Å². The van der Waals surface area contributed by atoms with Crippen LogP contribution in [-0.2, 0) is 9.59 Å². The van der Waals surface area contributed by atoms with Gasteiger partial charge in [0.25, 0.3) is 5.91 Å². The molecule has 3 aliphatic rings. The summed E-state index contributed by atoms with van der Waals surface area (Å²) < 4.78 is 5.71. The number of hydrogen-bond acceptors (Lipinski definition) is 6. The third kappa shape index (κ3) is 6.57. The van der Waals surface area contributed by atoms with Gasteiger partial charge in [0.15, 0.2) is 0 Å². The largest absolute Gasteiger partial charge is 0.496 e. The lowest BCUT2D eigenvalue weighted by Gasteiger charge is -2.40. The first-order valence-corrected chi connectivity index (χ1v) is 15.0. The van der Waals surface area contributed by atoms with Crippen LogP contribution in [0.5, 0.6) is 5.75 Å². The Labute approximate surface area is 247 Å². The molecular weight excluding hydrogens is 532 g/mol. The minimum Gasteiger partial charge on any atom is -0.496 e. The van der Waals surface area contributed by atoms with Gasteiger partial charge in [0, 0.05) is 23.6 Å². The van der Waals surface area contributed by atoms with Crippen molar-refractivity contribution in [3.05, 3.63) is 65.7 Å². The van der Waals surface area contributed by atoms with Crippen molar-refractivity contribution >= 4 is 23.4 Å². The molecule has 0 spiro atoms. The molecule has 42 heavy (non-hydrogen) atoms. The molecule has 9 heteroatoms. The second-order valence-corrected chi connectivity index (χ2v) is 11.2. The summed E-state index contributed by atoms with van der Waals surface area (Å²) in [6.45, 7) is -0.186. The van der Waals surface area contributed by atoms with Gasteiger partial charge in [-0.2, -0.15) is 5.10 Å². The number of aliphatic hydroxyl groups is 1. The predicted octanol–water partition coefficient (Wildman–Crippen LogP) is 4.05. The molecule has 9 nitrogen and oxygen atoms in total. The van der Waals surface area contributed by atoms with Crippen molar-refractivity contribution in [3.8, 4) is 16.9 Å². The van der Waals surface area contributed by atoms with Crippen molar-refractivity contribution in [3.63, 3.8) is 0 Å². The quantitative estimate of drug-likeness (QED) is 0.309. The molecule has 3 N–H and O–H groups in total. The van der Waals surface area contributed by atoms with Crippen LogP contribution in [0, 0.1) is 11.8 Å². The number of hydrazone groups is 1. The van der Waals surface area contributed by atoms with Crippen LogP contribution in [0.2, 0.25) is 0 Å². The summed E-state index contributed by atoms with van der Waals surface area (Å²) in [5, 5.41) is 20.8. The van der Waals surface area contributed by atoms with Gasteiger partial charge in [-0.25, -0.2) is 5.01 Å². The van der Waals surface area contributed by atoms with E-state index in [0.717, 1.165) is 60.9 Å². The highest BCUT2D eigenvalue weighted by Gasteiger charge is 2.42. The van der Waals surface area contributed by atoms with Gasteiger partial charge in [-0.3, -0.25) is 14.4 Å². The Morgan fingerprint density at radius 1 is 0.952 bits per heavy atom. The summed E-state index contributed by atoms with van der Waals surface area (Å²) in [5.41, 5.74) is 4.09. The number of hydrogen-bond donors (Lipinski definition) is 3. The van der Waals surface area contributed by atoms with Crippen molar-refractivity contribution in [1.29, 1.82) is 0 Å². The van der Waals surface area contributed by atoms with E-state index in [9.17, 15) is 14.4 Å². The molecule has 2 aliphatic carbocycles. The molecule has 2 aromatic carbocycles. The second-order valence-electron chi connectivity index (χ2n) is 11.2. The number of amides is 3. The van der Waals surface area contributed by atoms with Crippen LogP contribution in [0.25, 0.3) is 11.1 Å². The van der Waals surface area contributed by atoms with Crippen LogP contribution < -0.4 is 15.4 Å². The number of ether oxygens (including phenoxy) is 1. The Bertz CT molecular complexity index is 1340. The normalized spacial score (nSPS) is 20.8. The molecule has 0 aromatic heterocycles. The first-order chi connectivity index (χ1) is 20.5. The number of fused-ring (bicyclic) bond motifs is 1. The molecule has 5 rings (SSSR count). The van der Waals surface area contributed by atoms with Gasteiger partial charge in [-0.15, -0.1) is 0 Å². The molecule has 2 aromatic rings. The number of nitrogens with zero attached hydrogens (tertiary/aromatic N) is 2. The second kappa shape index (κ2) is 13.8. The highest BCUT2D eigenvalue weighted by molar-refractivity contribution is 6.08. The van der Waals surface area contributed by atoms with Gasteiger partial charge in [0.2, 0.25) is 11.8 Å². The number of allylic oxidation sites excluding steroid dienone is 2. The highest BCUT2D eigenvalue weighted by Crippen LogP contribution is 2.39. The zero-order chi connectivity index (χ0) is 29.5. The molecule has 1 aliphatic heterocycles. The fraction of sp³-hybridized carbons (Fsp3) is 0.455. The van der Waals surface area contributed by atoms with Crippen LogP contribution in [0.4, 0.5) is 0 Å². The van der Waals surface area contributed by atoms with E-state index in [1.165, 1.54) is 12.8 Å². The minimum atomic E-state index is -0.365. The molecule has 0 radical (unpaired) electrons. The Hall–Kier alpha value is -3.98. The maximum Gasteiger partial charge on any atom is 0.251 e. The van der Waals surface area contributed by atoms with Gasteiger partial charge < -0.3 is 20.5 Å². The Morgan fingerprint density at radius 2 is 1.64 bits per heavy atom. The van der Waals surface area contributed by atoms with E-state index in [1.54, 1.807) is 19.2 Å². The van der Waals surface area contributed by atoms with Gasteiger partial charge in [-0.1, -0.05) is 50.0 Å². The van der Waals surface area contributed by atoms with Crippen LogP contribution in [0.1, 0.15) is 67.3 Å². The van der Waals surface area contributed by atoms with Crippen LogP contribution in [0.3, 0.4) is 0 Å². The maximum absolute atomic E-state index is 13.7. The number of aliphatic hydroxyl groups excluding tert-OH is 1. The monoisotopic (exact) mass is 572 g/mol. The van der Waals surface area contributed by atoms with Crippen LogP contribution in [0.15, 0.2) is 59.7 Å². The first-order valence-electron chi connectivity index (χ1n) is 15.0. The Balaban J connectivity index is 1.42. The van der Waals surface area contributed by atoms with Gasteiger partial charge in [0.05, 0.1) is 37.9 Å². The third-order valence-electron chi connectivity index (χ3n) is 8.51. The number of benzene rings is 2. The standard InChI is InChI=1S/C33H40N4O5/c1-42-29-17-16-24(20-28(29)22-12-14-23(15-13-22)32(40)35-21-30(39)34-18-19-38)31-26-10-6-7-11-27(26)33(41)37(36-31)25-8-4-2-3-5-9-25/h6-7,12-17,20,25-27,38H,2-5,8-11,18-19,21H2,1H3,(H,34,39)(H,35,40)/t26-,27+/m0/s1. The lowest BCUT2D eigenvalue weighted by Crippen LogP contribution is -2.49. The lowest BCUT2D eigenvalue weighted by molar-refractivity contribution is -0.140. The van der Waals surface area contributed by atoms with E-state index >= 15 is 0 Å². The summed E-state index contributed by atoms with van der Waals surface area (Å²) >= 11 is 0. The smallest absolute Gasteiger partial charge is 0.251 e. The maximum atomic E-state index is 13.7. The molecule has 3 amide bonds. The predicted molar refractivity (Wildman–Crippen MR) is 161 cm³/mol. The number of carbonyl (C=O) groups is 3. The van der Waals surface area contributed by atoms with Crippen molar-refractivity contribution in [1.82, 2.24) is 15.6 Å². The number of methoxy groups -OCH3 is 1. The summed E-state index contributed by atoms with van der Waals surface area (Å²) in [4.78, 5) is 38.0. The molecular formula is C33H40N4O5. The van der Waals surface area contributed by atoms with Crippen molar-refractivity contribution in [2.75, 3.05) is 26.8 Å². The van der Waals surface area contributed by atoms with Gasteiger partial charge in [-0.05, 0) is 67.1 Å². The van der Waals surface area contributed by atoms with E-state index < -0.39 is 0 Å². The molecule has 1 heterocycles. The molecule has 1 saturated carbocycles. The molecule has 0 bridgehead atoms. The first kappa shape index (κ1) is 29.5. The van der Waals surface area contributed by atoms with E-state index in [2.05, 4.69) is 28.9 Å². The average Bonchev–Trinajstić information content (AvgIpc) is 3.32. The van der Waals surface area contributed by atoms with Crippen LogP contribution >= 0.6 is 0 Å². The molecule has 222 valence electrons. The number of carbonyl (C=O) groups excluding carboxylic acids is 3. The van der Waals surface area contributed by atoms with E-state index in [-0.39, 0.29) is 55.3 Å². The SMILES string of the molecule is COc1ccc(C2=NN(C3CCCCCC3)C(=O)[C@@H]3CC=CC[C@H]23)cc1-c1ccc(C(=O)NCC(=O)NCCO)cc1. The van der Waals surface area contributed by atoms with E-state index in [4.69, 9.17) is 14.9 Å². The van der Waals surface area contributed by atoms with Crippen molar-refractivity contribution in [2.45, 2.75) is 57.4 Å². The molecule has 0 saturated heterocycles. The van der Waals surface area contributed by atoms with Gasteiger partial charge in [0.1, 0.15) is 5.75 Å². The van der Waals surface area contributed by atoms with Gasteiger partial charge >= 0.3 is 0 Å². The third-order valence-corrected chi connectivity index (χ3v) is 8.51. The molecule has 0 unspecified atom stereocenters. The zero-order valence-electron chi connectivity index (χ0n) is 24.2. The van der Waals surface area contributed by atoms with E-state index in [0.29, 0.717) is 11.3 Å². The summed E-state index contributed by atoms with van der Waals surface area (Å²) in [6.07, 6.45) is 12.5. The molecule has 1 fully saturated rings. The number of rotatable bonds is 9. The Morgan fingerprint density at radius 3 is 2.33 bits per heavy atom. The molecule has 2 atom stereocenters. The minimum absolute atomic E-state index is 0.0337. The van der Waals surface area contributed by atoms with Crippen molar-refractivity contribution in [2.24, 2.45) is 16.9 Å². The zero-order valence-corrected chi connectivity index (χ0v) is 24.2. The highest BCUT2D eigenvalue weighted by atomic mass is 16.5. The average molecular weight is 573 g/mol. The van der Waals surface area contributed by atoms with E-state index in [1.807, 2.05) is 29.3 Å². The number of nitrogens with one attached hydrogen (secondary N) is 2. The topological polar surface area (TPSA) is 120 Å². The summed E-state index contributed by atoms with van der Waals surface area (Å²) in [5.74, 6) is 0.0678. The summed E-state index contributed by atoms with van der Waals surface area (Å²) in [7, 11) is 1.63. The van der Waals surface area contributed by atoms with Crippen LogP contribution in [-0.4, -0.2) is 66.4 Å². The fourth-order valence-electron chi connectivity index (χ4n) is 6.25. The summed E-state index contributed by atoms with van der Waals surface area (Å²) in [6, 6.07) is 13.4. The Kier molecular flexibility index (Phi) is 9.69. The fourth-order valence-corrected chi connectivity index (χ4v) is 6.25. The lowest BCUT2D eigenvalue weighted by atomic mass is 9.76.